The van der Waals surface area contributed by atoms with Crippen molar-refractivity contribution in [1.29, 1.82) is 0 Å². The van der Waals surface area contributed by atoms with Crippen molar-refractivity contribution in [3.8, 4) is 0 Å². The quantitative estimate of drug-likeness (QED) is 0.270. The van der Waals surface area contributed by atoms with Crippen molar-refractivity contribution in [2.75, 3.05) is 32.8 Å². The SMILES string of the molecule is CCCCSSSSCCC[Si](OC)(OC)OC. The normalized spacial score (nSPS) is 12.0. The van der Waals surface area contributed by atoms with Crippen LogP contribution in [0.5, 0.6) is 0 Å². The van der Waals surface area contributed by atoms with Gasteiger partial charge < -0.3 is 13.3 Å². The lowest BCUT2D eigenvalue weighted by atomic mass is 10.4. The van der Waals surface area contributed by atoms with E-state index in [4.69, 9.17) is 13.3 Å². The maximum atomic E-state index is 5.38. The second-order valence-corrected chi connectivity index (χ2v) is 12.9. The summed E-state index contributed by atoms with van der Waals surface area (Å²) in [6.45, 7) is 2.23. The average Bonchev–Trinajstić information content (AvgIpc) is 2.42. The summed E-state index contributed by atoms with van der Waals surface area (Å²) in [4.78, 5) is 0. The van der Waals surface area contributed by atoms with E-state index >= 15 is 0 Å². The molecule has 0 amide bonds. The van der Waals surface area contributed by atoms with Crippen LogP contribution in [0, 0.1) is 0 Å². The Balaban J connectivity index is 3.38. The van der Waals surface area contributed by atoms with Gasteiger partial charge in [0.25, 0.3) is 0 Å². The Bertz CT molecular complexity index is 176. The summed E-state index contributed by atoms with van der Waals surface area (Å²) in [5.41, 5.74) is 0. The molecule has 0 N–H and O–H groups in total. The number of unbranched alkanes of at least 4 members (excludes halogenated alkanes) is 1. The van der Waals surface area contributed by atoms with Gasteiger partial charge in [0.2, 0.25) is 0 Å². The Kier molecular flexibility index (Phi) is 14.6. The van der Waals surface area contributed by atoms with Crippen LogP contribution in [-0.2, 0) is 13.3 Å². The van der Waals surface area contributed by atoms with E-state index in [1.807, 2.05) is 41.2 Å². The molecule has 0 saturated heterocycles. The fourth-order valence-corrected chi connectivity index (χ4v) is 9.48. The lowest BCUT2D eigenvalue weighted by molar-refractivity contribution is 0.123. The topological polar surface area (TPSA) is 27.7 Å². The molecule has 0 heterocycles. The first-order chi connectivity index (χ1) is 8.74. The Morgan fingerprint density at radius 2 is 1.33 bits per heavy atom. The van der Waals surface area contributed by atoms with E-state index in [1.54, 1.807) is 21.3 Å². The van der Waals surface area contributed by atoms with Crippen LogP contribution in [0.4, 0.5) is 0 Å². The van der Waals surface area contributed by atoms with Gasteiger partial charge >= 0.3 is 8.80 Å². The fourth-order valence-electron chi connectivity index (χ4n) is 1.21. The highest BCUT2D eigenvalue weighted by Gasteiger charge is 2.36. The van der Waals surface area contributed by atoms with E-state index in [0.29, 0.717) is 0 Å². The molecule has 0 aliphatic rings. The molecule has 0 bridgehead atoms. The van der Waals surface area contributed by atoms with Crippen LogP contribution >= 0.6 is 41.2 Å². The van der Waals surface area contributed by atoms with Crippen molar-refractivity contribution < 1.29 is 13.3 Å². The largest absolute Gasteiger partial charge is 0.500 e. The van der Waals surface area contributed by atoms with Crippen LogP contribution in [0.1, 0.15) is 26.2 Å². The van der Waals surface area contributed by atoms with Gasteiger partial charge in [0.05, 0.1) is 0 Å². The summed E-state index contributed by atoms with van der Waals surface area (Å²) < 4.78 is 16.1. The minimum absolute atomic E-state index is 0.887. The zero-order chi connectivity index (χ0) is 13.7. The fraction of sp³-hybridized carbons (Fsp3) is 1.00. The molecule has 3 nitrogen and oxygen atoms in total. The molecule has 0 aromatic heterocycles. The van der Waals surface area contributed by atoms with Crippen LogP contribution in [0.15, 0.2) is 0 Å². The van der Waals surface area contributed by atoms with Crippen LogP contribution in [0.2, 0.25) is 6.04 Å². The maximum Gasteiger partial charge on any atom is 0.500 e. The first-order valence-corrected chi connectivity index (χ1v) is 13.1. The van der Waals surface area contributed by atoms with Crippen LogP contribution < -0.4 is 0 Å². The molecular formula is C10H24O3S4Si. The van der Waals surface area contributed by atoms with E-state index in [-0.39, 0.29) is 0 Å². The zero-order valence-corrected chi connectivity index (χ0v) is 15.9. The number of rotatable bonds is 13. The van der Waals surface area contributed by atoms with E-state index in [9.17, 15) is 0 Å². The Morgan fingerprint density at radius 3 is 1.78 bits per heavy atom. The second kappa shape index (κ2) is 13.5. The monoisotopic (exact) mass is 348 g/mol. The molecule has 0 aliphatic carbocycles. The molecule has 0 aliphatic heterocycles. The highest BCUT2D eigenvalue weighted by molar-refractivity contribution is 9.26. The molecule has 0 rings (SSSR count). The Hall–Kier alpha value is 1.50. The van der Waals surface area contributed by atoms with Gasteiger partial charge in [0.1, 0.15) is 0 Å². The average molecular weight is 349 g/mol. The van der Waals surface area contributed by atoms with Gasteiger partial charge in [0.15, 0.2) is 0 Å². The summed E-state index contributed by atoms with van der Waals surface area (Å²) in [6, 6.07) is 0.887. The molecule has 0 saturated carbocycles. The summed E-state index contributed by atoms with van der Waals surface area (Å²) in [6.07, 6.45) is 3.66. The lowest BCUT2D eigenvalue weighted by Gasteiger charge is -2.23. The maximum absolute atomic E-state index is 5.38. The third-order valence-corrected chi connectivity index (χ3v) is 11.8. The third kappa shape index (κ3) is 9.41. The van der Waals surface area contributed by atoms with Gasteiger partial charge in [-0.3, -0.25) is 0 Å². The minimum atomic E-state index is -2.34. The van der Waals surface area contributed by atoms with Crippen molar-refractivity contribution >= 4 is 50.0 Å². The molecule has 8 heteroatoms. The highest BCUT2D eigenvalue weighted by Crippen LogP contribution is 2.43. The van der Waals surface area contributed by atoms with Gasteiger partial charge in [0, 0.05) is 38.9 Å². The molecule has 0 spiro atoms. The molecule has 0 radical (unpaired) electrons. The molecule has 0 fully saturated rings. The standard InChI is InChI=1S/C10H24O3S4Si/c1-5-6-8-14-16-17-15-9-7-10-18(11-2,12-3)13-4/h5-10H2,1-4H3. The van der Waals surface area contributed by atoms with Crippen LogP contribution in [0.25, 0.3) is 0 Å². The lowest BCUT2D eigenvalue weighted by Crippen LogP contribution is -2.42. The summed E-state index contributed by atoms with van der Waals surface area (Å²) in [5, 5.41) is 0. The van der Waals surface area contributed by atoms with Crippen LogP contribution in [-0.4, -0.2) is 41.6 Å². The summed E-state index contributed by atoms with van der Waals surface area (Å²) >= 11 is 0. The highest BCUT2D eigenvalue weighted by atomic mass is 33.7. The van der Waals surface area contributed by atoms with E-state index in [2.05, 4.69) is 6.92 Å². The van der Waals surface area contributed by atoms with Crippen molar-refractivity contribution in [1.82, 2.24) is 0 Å². The van der Waals surface area contributed by atoms with Crippen molar-refractivity contribution in [3.05, 3.63) is 0 Å². The first-order valence-electron chi connectivity index (χ1n) is 5.98. The molecule has 0 aromatic rings. The molecule has 18 heavy (non-hydrogen) atoms. The Labute approximate surface area is 128 Å². The van der Waals surface area contributed by atoms with Crippen molar-refractivity contribution in [3.63, 3.8) is 0 Å². The van der Waals surface area contributed by atoms with Gasteiger partial charge in [-0.25, -0.2) is 0 Å². The molecule has 0 atom stereocenters. The molecular weight excluding hydrogens is 324 g/mol. The van der Waals surface area contributed by atoms with Gasteiger partial charge in [-0.05, 0) is 32.5 Å². The van der Waals surface area contributed by atoms with Crippen LogP contribution in [0.3, 0.4) is 0 Å². The summed E-state index contributed by atoms with van der Waals surface area (Å²) in [7, 11) is 10.3. The van der Waals surface area contributed by atoms with E-state index in [1.165, 1.54) is 18.6 Å². The second-order valence-electron chi connectivity index (χ2n) is 3.53. The zero-order valence-electron chi connectivity index (χ0n) is 11.6. The third-order valence-electron chi connectivity index (χ3n) is 2.35. The van der Waals surface area contributed by atoms with Gasteiger partial charge in [-0.15, -0.1) is 0 Å². The predicted octanol–water partition coefficient (Wildman–Crippen LogP) is 4.73. The molecule has 0 aromatic carbocycles. The minimum Gasteiger partial charge on any atom is -0.377 e. The van der Waals surface area contributed by atoms with E-state index < -0.39 is 8.80 Å². The summed E-state index contributed by atoms with van der Waals surface area (Å²) in [5.74, 6) is 2.36. The van der Waals surface area contributed by atoms with Gasteiger partial charge in [-0.1, -0.05) is 34.9 Å². The van der Waals surface area contributed by atoms with E-state index in [0.717, 1.165) is 18.2 Å². The van der Waals surface area contributed by atoms with Gasteiger partial charge in [-0.2, -0.15) is 0 Å². The predicted molar refractivity (Wildman–Crippen MR) is 91.2 cm³/mol. The Morgan fingerprint density at radius 1 is 0.833 bits per heavy atom. The molecule has 110 valence electrons. The van der Waals surface area contributed by atoms with Crippen molar-refractivity contribution in [2.24, 2.45) is 0 Å². The first kappa shape index (κ1) is 19.5. The number of hydrogen-bond donors (Lipinski definition) is 0. The number of hydrogen-bond acceptors (Lipinski definition) is 7. The smallest absolute Gasteiger partial charge is 0.377 e. The molecule has 0 unspecified atom stereocenters. The van der Waals surface area contributed by atoms with Crippen molar-refractivity contribution in [2.45, 2.75) is 32.2 Å².